The Kier molecular flexibility index (Phi) is 4.61. The monoisotopic (exact) mass is 388 g/mol. The lowest BCUT2D eigenvalue weighted by Gasteiger charge is -2.29. The molecule has 0 aromatic heterocycles. The van der Waals surface area contributed by atoms with Crippen molar-refractivity contribution in [1.82, 2.24) is 4.90 Å². The summed E-state index contributed by atoms with van der Waals surface area (Å²) >= 11 is 0. The van der Waals surface area contributed by atoms with Gasteiger partial charge in [0.25, 0.3) is 0 Å². The van der Waals surface area contributed by atoms with Crippen LogP contribution in [0.4, 0.5) is 18.9 Å². The van der Waals surface area contributed by atoms with E-state index in [-0.39, 0.29) is 11.6 Å². The number of fused-ring (bicyclic) bond motifs is 1. The molecule has 0 saturated heterocycles. The van der Waals surface area contributed by atoms with E-state index in [4.69, 9.17) is 0 Å². The van der Waals surface area contributed by atoms with Crippen LogP contribution in [0.3, 0.4) is 0 Å². The number of rotatable bonds is 3. The maximum atomic E-state index is 13.1. The Morgan fingerprint density at radius 2 is 1.64 bits per heavy atom. The van der Waals surface area contributed by atoms with E-state index in [2.05, 4.69) is 5.32 Å². The van der Waals surface area contributed by atoms with Crippen LogP contribution in [-0.4, -0.2) is 23.3 Å². The summed E-state index contributed by atoms with van der Waals surface area (Å²) in [5.41, 5.74) is 1.16. The lowest BCUT2D eigenvalue weighted by Crippen LogP contribution is -2.37. The van der Waals surface area contributed by atoms with Crippen molar-refractivity contribution >= 4 is 17.5 Å². The number of carbonyl (C=O) groups excluding carboxylic acids is 2. The van der Waals surface area contributed by atoms with Crippen LogP contribution < -0.4 is 5.32 Å². The van der Waals surface area contributed by atoms with E-state index in [0.717, 1.165) is 18.1 Å². The van der Waals surface area contributed by atoms with Crippen LogP contribution in [-0.2, 0) is 28.7 Å². The van der Waals surface area contributed by atoms with Crippen molar-refractivity contribution in [3.05, 3.63) is 65.2 Å². The highest BCUT2D eigenvalue weighted by atomic mass is 19.4. The van der Waals surface area contributed by atoms with Gasteiger partial charge in [-0.15, -0.1) is 0 Å². The van der Waals surface area contributed by atoms with Gasteiger partial charge in [0.1, 0.15) is 0 Å². The van der Waals surface area contributed by atoms with E-state index in [9.17, 15) is 22.8 Å². The number of amides is 2. The number of nitrogens with one attached hydrogen (secondary N) is 1. The number of hydrogen-bond donors (Lipinski definition) is 1. The van der Waals surface area contributed by atoms with Gasteiger partial charge in [0.2, 0.25) is 11.8 Å². The van der Waals surface area contributed by atoms with Gasteiger partial charge in [-0.2, -0.15) is 13.2 Å². The topological polar surface area (TPSA) is 49.4 Å². The Hall–Kier alpha value is -2.83. The second-order valence-electron chi connectivity index (χ2n) is 7.26. The number of nitrogens with zero attached hydrogens (tertiary/aromatic N) is 1. The minimum Gasteiger partial charge on any atom is -0.338 e. The smallest absolute Gasteiger partial charge is 0.338 e. The molecule has 2 unspecified atom stereocenters. The summed E-state index contributed by atoms with van der Waals surface area (Å²) < 4.78 is 39.2. The van der Waals surface area contributed by atoms with Crippen molar-refractivity contribution < 1.29 is 22.8 Å². The van der Waals surface area contributed by atoms with E-state index < -0.39 is 29.5 Å². The summed E-state index contributed by atoms with van der Waals surface area (Å²) in [6.45, 7) is 1.11. The first-order valence-corrected chi connectivity index (χ1v) is 9.17. The van der Waals surface area contributed by atoms with Crippen LogP contribution in [0.2, 0.25) is 0 Å². The molecule has 1 aliphatic carbocycles. The molecule has 2 aliphatic rings. The Balaban J connectivity index is 1.40. The van der Waals surface area contributed by atoms with Crippen molar-refractivity contribution in [3.63, 3.8) is 0 Å². The Labute approximate surface area is 160 Å². The molecule has 2 amide bonds. The van der Waals surface area contributed by atoms with Crippen molar-refractivity contribution in [1.29, 1.82) is 0 Å². The first-order valence-electron chi connectivity index (χ1n) is 9.17. The van der Waals surface area contributed by atoms with Crippen molar-refractivity contribution in [3.8, 4) is 0 Å². The van der Waals surface area contributed by atoms with Crippen LogP contribution in [0.1, 0.15) is 23.1 Å². The summed E-state index contributed by atoms with van der Waals surface area (Å²) in [5, 5.41) is 2.35. The number of para-hydroxylation sites is 1. The van der Waals surface area contributed by atoms with Crippen LogP contribution in [0.15, 0.2) is 48.5 Å². The second kappa shape index (κ2) is 6.96. The van der Waals surface area contributed by atoms with Gasteiger partial charge in [-0.1, -0.05) is 36.4 Å². The zero-order valence-electron chi connectivity index (χ0n) is 15.0. The summed E-state index contributed by atoms with van der Waals surface area (Å²) in [4.78, 5) is 26.9. The fraction of sp³-hybridized carbons (Fsp3) is 0.333. The molecule has 28 heavy (non-hydrogen) atoms. The molecule has 0 spiro atoms. The molecule has 1 fully saturated rings. The minimum atomic E-state index is -4.55. The molecule has 1 heterocycles. The molecule has 0 radical (unpaired) electrons. The van der Waals surface area contributed by atoms with Gasteiger partial charge >= 0.3 is 6.18 Å². The zero-order chi connectivity index (χ0) is 19.9. The van der Waals surface area contributed by atoms with E-state index in [1.807, 2.05) is 24.3 Å². The maximum absolute atomic E-state index is 13.1. The molecule has 146 valence electrons. The molecule has 4 rings (SSSR count). The fourth-order valence-electron chi connectivity index (χ4n) is 3.74. The molecule has 7 heteroatoms. The first-order chi connectivity index (χ1) is 13.3. The molecule has 1 N–H and O–H groups in total. The van der Waals surface area contributed by atoms with Crippen molar-refractivity contribution in [2.75, 3.05) is 11.9 Å². The molecular weight excluding hydrogens is 369 g/mol. The summed E-state index contributed by atoms with van der Waals surface area (Å²) in [7, 11) is 0. The molecule has 0 bridgehead atoms. The quantitative estimate of drug-likeness (QED) is 0.868. The average Bonchev–Trinajstić information content (AvgIpc) is 3.47. The maximum Gasteiger partial charge on any atom is 0.418 e. The summed E-state index contributed by atoms with van der Waals surface area (Å²) in [6.07, 6.45) is -3.41. The van der Waals surface area contributed by atoms with E-state index in [1.54, 1.807) is 4.90 Å². The first kappa shape index (κ1) is 18.5. The van der Waals surface area contributed by atoms with Gasteiger partial charge in [0.05, 0.1) is 23.1 Å². The number of benzene rings is 2. The lowest BCUT2D eigenvalue weighted by molar-refractivity contribution is -0.137. The largest absolute Gasteiger partial charge is 0.418 e. The molecule has 2 aromatic rings. The van der Waals surface area contributed by atoms with Gasteiger partial charge in [0.15, 0.2) is 0 Å². The van der Waals surface area contributed by atoms with Crippen molar-refractivity contribution in [2.45, 2.75) is 25.6 Å². The molecule has 2 atom stereocenters. The third-order valence-corrected chi connectivity index (χ3v) is 5.38. The van der Waals surface area contributed by atoms with E-state index >= 15 is 0 Å². The molecule has 4 nitrogen and oxygen atoms in total. The highest BCUT2D eigenvalue weighted by Crippen LogP contribution is 2.42. The normalized spacial score (nSPS) is 21.0. The van der Waals surface area contributed by atoms with Crippen LogP contribution in [0, 0.1) is 11.8 Å². The predicted octanol–water partition coefficient (Wildman–Crippen LogP) is 3.86. The van der Waals surface area contributed by atoms with Gasteiger partial charge in [-0.3, -0.25) is 9.59 Å². The number of halogens is 3. The number of hydrogen-bond acceptors (Lipinski definition) is 2. The second-order valence-corrected chi connectivity index (χ2v) is 7.26. The Bertz CT molecular complexity index is 926. The molecule has 1 saturated carbocycles. The Morgan fingerprint density at radius 3 is 2.39 bits per heavy atom. The number of carbonyl (C=O) groups is 2. The highest BCUT2D eigenvalue weighted by molar-refractivity contribution is 6.00. The summed E-state index contributed by atoms with van der Waals surface area (Å²) in [5.74, 6) is -1.67. The average molecular weight is 388 g/mol. The van der Waals surface area contributed by atoms with Gasteiger partial charge < -0.3 is 10.2 Å². The van der Waals surface area contributed by atoms with Crippen molar-refractivity contribution in [2.24, 2.45) is 11.8 Å². The molecule has 2 aromatic carbocycles. The number of alkyl halides is 3. The van der Waals surface area contributed by atoms with Gasteiger partial charge in [0, 0.05) is 13.1 Å². The standard InChI is InChI=1S/C21H19F3N2O2/c22-21(23,24)17-7-3-4-8-18(17)25-19(27)15-11-16(15)20(28)26-10-9-13-5-1-2-6-14(13)12-26/h1-8,15-16H,9-12H2,(H,25,27). The Morgan fingerprint density at radius 1 is 0.964 bits per heavy atom. The fourth-order valence-corrected chi connectivity index (χ4v) is 3.74. The highest BCUT2D eigenvalue weighted by Gasteiger charge is 2.50. The molecular formula is C21H19F3N2O2. The minimum absolute atomic E-state index is 0.0984. The third kappa shape index (κ3) is 3.61. The number of anilines is 1. The lowest BCUT2D eigenvalue weighted by atomic mass is 9.99. The van der Waals surface area contributed by atoms with Crippen LogP contribution in [0.25, 0.3) is 0 Å². The van der Waals surface area contributed by atoms with Gasteiger partial charge in [-0.25, -0.2) is 0 Å². The molecule has 1 aliphatic heterocycles. The predicted molar refractivity (Wildman–Crippen MR) is 97.2 cm³/mol. The zero-order valence-corrected chi connectivity index (χ0v) is 15.0. The van der Waals surface area contributed by atoms with Crippen LogP contribution >= 0.6 is 0 Å². The van der Waals surface area contributed by atoms with E-state index in [0.29, 0.717) is 19.5 Å². The van der Waals surface area contributed by atoms with Gasteiger partial charge in [-0.05, 0) is 36.1 Å². The SMILES string of the molecule is O=C(Nc1ccccc1C(F)(F)F)C1CC1C(=O)N1CCc2ccccc2C1. The summed E-state index contributed by atoms with van der Waals surface area (Å²) in [6, 6.07) is 12.8. The van der Waals surface area contributed by atoms with Crippen LogP contribution in [0.5, 0.6) is 0 Å². The third-order valence-electron chi connectivity index (χ3n) is 5.38. The van der Waals surface area contributed by atoms with E-state index in [1.165, 1.54) is 23.8 Å².